The summed E-state index contributed by atoms with van der Waals surface area (Å²) < 4.78 is 0. The van der Waals surface area contributed by atoms with Gasteiger partial charge in [0.1, 0.15) is 0 Å². The molecule has 1 unspecified atom stereocenters. The SMILES string of the molecule is CC(CCP(c1ccccc1)c1ccccc1)P(c1ccccc1)c1ccccc1. The Balaban J connectivity index is 1.59. The van der Waals surface area contributed by atoms with E-state index in [2.05, 4.69) is 128 Å². The molecule has 0 N–H and O–H groups in total. The van der Waals surface area contributed by atoms with Crippen molar-refractivity contribution in [3.05, 3.63) is 121 Å². The van der Waals surface area contributed by atoms with Gasteiger partial charge in [-0.3, -0.25) is 0 Å². The summed E-state index contributed by atoms with van der Waals surface area (Å²) >= 11 is 0. The Kier molecular flexibility index (Phi) is 7.47. The van der Waals surface area contributed by atoms with E-state index in [1.165, 1.54) is 33.8 Å². The molecule has 30 heavy (non-hydrogen) atoms. The molecule has 0 nitrogen and oxygen atoms in total. The maximum atomic E-state index is 2.45. The summed E-state index contributed by atoms with van der Waals surface area (Å²) in [6.07, 6.45) is 2.45. The maximum absolute atomic E-state index is 2.45. The van der Waals surface area contributed by atoms with Crippen LogP contribution in [0.3, 0.4) is 0 Å². The van der Waals surface area contributed by atoms with Gasteiger partial charge in [0.25, 0.3) is 0 Å². The van der Waals surface area contributed by atoms with Crippen LogP contribution in [0.25, 0.3) is 0 Å². The molecule has 0 aromatic heterocycles. The summed E-state index contributed by atoms with van der Waals surface area (Å²) in [6, 6.07) is 44.4. The first-order valence-electron chi connectivity index (χ1n) is 10.6. The van der Waals surface area contributed by atoms with E-state index in [1.54, 1.807) is 0 Å². The van der Waals surface area contributed by atoms with Crippen LogP contribution in [-0.4, -0.2) is 11.8 Å². The van der Waals surface area contributed by atoms with Crippen LogP contribution in [0.5, 0.6) is 0 Å². The van der Waals surface area contributed by atoms with Crippen LogP contribution in [0.4, 0.5) is 0 Å². The lowest BCUT2D eigenvalue weighted by Gasteiger charge is -2.28. The molecule has 150 valence electrons. The smallest absolute Gasteiger partial charge is 0.0154 e. The first-order valence-corrected chi connectivity index (χ1v) is 13.5. The molecular formula is C28H28P2. The third-order valence-corrected chi connectivity index (χ3v) is 10.8. The lowest BCUT2D eigenvalue weighted by Crippen LogP contribution is -2.22. The van der Waals surface area contributed by atoms with Crippen LogP contribution in [0.1, 0.15) is 13.3 Å². The molecular weight excluding hydrogens is 398 g/mol. The minimum atomic E-state index is -0.370. The van der Waals surface area contributed by atoms with Crippen molar-refractivity contribution >= 4 is 37.1 Å². The molecule has 0 amide bonds. The molecule has 0 aliphatic carbocycles. The molecule has 0 aliphatic heterocycles. The molecule has 0 heterocycles. The first kappa shape index (κ1) is 21.0. The van der Waals surface area contributed by atoms with Crippen molar-refractivity contribution in [3.8, 4) is 0 Å². The Morgan fingerprint density at radius 3 is 1.20 bits per heavy atom. The highest BCUT2D eigenvalue weighted by Crippen LogP contribution is 2.44. The molecule has 0 bridgehead atoms. The lowest BCUT2D eigenvalue weighted by molar-refractivity contribution is 0.907. The number of rotatable bonds is 8. The van der Waals surface area contributed by atoms with Gasteiger partial charge in [0.05, 0.1) is 0 Å². The van der Waals surface area contributed by atoms with E-state index in [0.717, 1.165) is 0 Å². The monoisotopic (exact) mass is 426 g/mol. The zero-order valence-electron chi connectivity index (χ0n) is 17.4. The van der Waals surface area contributed by atoms with Crippen LogP contribution in [0, 0.1) is 0 Å². The molecule has 0 saturated heterocycles. The average molecular weight is 426 g/mol. The highest BCUT2D eigenvalue weighted by Gasteiger charge is 2.23. The van der Waals surface area contributed by atoms with E-state index in [-0.39, 0.29) is 15.8 Å². The fraction of sp³-hybridized carbons (Fsp3) is 0.143. The van der Waals surface area contributed by atoms with Crippen molar-refractivity contribution < 1.29 is 0 Å². The number of benzene rings is 4. The first-order chi connectivity index (χ1) is 14.8. The fourth-order valence-electron chi connectivity index (χ4n) is 3.90. The Labute approximate surface area is 183 Å². The zero-order valence-corrected chi connectivity index (χ0v) is 19.2. The van der Waals surface area contributed by atoms with E-state index in [4.69, 9.17) is 0 Å². The highest BCUT2D eigenvalue weighted by molar-refractivity contribution is 7.74. The summed E-state index contributed by atoms with van der Waals surface area (Å²) in [6.45, 7) is 2.45. The quantitative estimate of drug-likeness (QED) is 0.302. The third kappa shape index (κ3) is 5.26. The second kappa shape index (κ2) is 10.7. The van der Waals surface area contributed by atoms with Gasteiger partial charge < -0.3 is 0 Å². The normalized spacial score (nSPS) is 12.2. The molecule has 4 rings (SSSR count). The van der Waals surface area contributed by atoms with Crippen LogP contribution in [0.2, 0.25) is 0 Å². The van der Waals surface area contributed by atoms with Crippen LogP contribution in [0.15, 0.2) is 121 Å². The van der Waals surface area contributed by atoms with Crippen LogP contribution < -0.4 is 21.2 Å². The second-order valence-corrected chi connectivity index (χ2v) is 12.5. The van der Waals surface area contributed by atoms with E-state index in [9.17, 15) is 0 Å². The maximum Gasteiger partial charge on any atom is -0.0154 e. The zero-order chi connectivity index (χ0) is 20.6. The minimum absolute atomic E-state index is 0.336. The molecule has 4 aromatic carbocycles. The van der Waals surface area contributed by atoms with E-state index in [1.807, 2.05) is 0 Å². The van der Waals surface area contributed by atoms with Gasteiger partial charge in [-0.1, -0.05) is 128 Å². The summed E-state index contributed by atoms with van der Waals surface area (Å²) in [7, 11) is -0.706. The summed E-state index contributed by atoms with van der Waals surface area (Å²) in [4.78, 5) is 0. The molecule has 0 radical (unpaired) electrons. The molecule has 0 saturated carbocycles. The highest BCUT2D eigenvalue weighted by atomic mass is 31.1. The van der Waals surface area contributed by atoms with Gasteiger partial charge in [-0.2, -0.15) is 0 Å². The Morgan fingerprint density at radius 2 is 0.833 bits per heavy atom. The number of hydrogen-bond donors (Lipinski definition) is 0. The van der Waals surface area contributed by atoms with Crippen molar-refractivity contribution in [1.29, 1.82) is 0 Å². The van der Waals surface area contributed by atoms with Crippen molar-refractivity contribution in [1.82, 2.24) is 0 Å². The molecule has 0 aliphatic rings. The topological polar surface area (TPSA) is 0 Å². The lowest BCUT2D eigenvalue weighted by atomic mass is 10.3. The van der Waals surface area contributed by atoms with Gasteiger partial charge in [-0.05, 0) is 55.3 Å². The van der Waals surface area contributed by atoms with Gasteiger partial charge in [0, 0.05) is 0 Å². The van der Waals surface area contributed by atoms with Gasteiger partial charge >= 0.3 is 0 Å². The van der Waals surface area contributed by atoms with E-state index >= 15 is 0 Å². The Bertz CT molecular complexity index is 922. The largest absolute Gasteiger partial charge is 0.0622 e. The summed E-state index contributed by atoms with van der Waals surface area (Å²) in [5.74, 6) is 0. The molecule has 0 fully saturated rings. The second-order valence-electron chi connectivity index (χ2n) is 7.50. The Hall–Kier alpha value is -2.26. The van der Waals surface area contributed by atoms with E-state index < -0.39 is 0 Å². The molecule has 2 heteroatoms. The third-order valence-electron chi connectivity index (χ3n) is 5.42. The molecule has 1 atom stereocenters. The predicted octanol–water partition coefficient (Wildman–Crippen LogP) is 6.03. The van der Waals surface area contributed by atoms with Crippen LogP contribution >= 0.6 is 15.8 Å². The summed E-state index contributed by atoms with van der Waals surface area (Å²) in [5, 5.41) is 5.93. The number of hydrogen-bond acceptors (Lipinski definition) is 0. The van der Waals surface area contributed by atoms with Gasteiger partial charge in [-0.15, -0.1) is 0 Å². The predicted molar refractivity (Wildman–Crippen MR) is 137 cm³/mol. The van der Waals surface area contributed by atoms with Gasteiger partial charge in [0.2, 0.25) is 0 Å². The standard InChI is InChI=1S/C28H28P2/c1-24(30(27-18-10-4-11-19-27)28-20-12-5-13-21-28)22-23-29(25-14-6-2-7-15-25)26-16-8-3-9-17-26/h2-21,24H,22-23H2,1H3. The van der Waals surface area contributed by atoms with Gasteiger partial charge in [0.15, 0.2) is 0 Å². The minimum Gasteiger partial charge on any atom is -0.0622 e. The van der Waals surface area contributed by atoms with E-state index in [0.29, 0.717) is 5.66 Å². The van der Waals surface area contributed by atoms with Crippen molar-refractivity contribution in [2.75, 3.05) is 6.16 Å². The average Bonchev–Trinajstić information content (AvgIpc) is 2.82. The molecule has 0 spiro atoms. The van der Waals surface area contributed by atoms with Crippen molar-refractivity contribution in [2.24, 2.45) is 0 Å². The fourth-order valence-corrected chi connectivity index (χ4v) is 9.32. The van der Waals surface area contributed by atoms with Crippen LogP contribution in [-0.2, 0) is 0 Å². The Morgan fingerprint density at radius 1 is 0.500 bits per heavy atom. The molecule has 4 aromatic rings. The van der Waals surface area contributed by atoms with Crippen molar-refractivity contribution in [3.63, 3.8) is 0 Å². The van der Waals surface area contributed by atoms with Gasteiger partial charge in [-0.25, -0.2) is 0 Å². The summed E-state index contributed by atoms with van der Waals surface area (Å²) in [5.41, 5.74) is 0.627. The van der Waals surface area contributed by atoms with Crippen molar-refractivity contribution in [2.45, 2.75) is 19.0 Å².